The van der Waals surface area contributed by atoms with Gasteiger partial charge < -0.3 is 0 Å². The third kappa shape index (κ3) is 4.83. The molecule has 0 N–H and O–H groups in total. The Kier molecular flexibility index (Phi) is 7.64. The van der Waals surface area contributed by atoms with E-state index in [9.17, 15) is 0 Å². The van der Waals surface area contributed by atoms with Crippen LogP contribution in [-0.4, -0.2) is 8.80 Å². The molecule has 0 amide bonds. The molecule has 1 unspecified atom stereocenters. The Morgan fingerprint density at radius 2 is 1.63 bits per heavy atom. The molecule has 2 rings (SSSR count). The van der Waals surface area contributed by atoms with Crippen LogP contribution < -0.4 is 0 Å². The summed E-state index contributed by atoms with van der Waals surface area (Å²) in [5, 5.41) is 0. The van der Waals surface area contributed by atoms with Gasteiger partial charge in [-0.2, -0.15) is 0 Å². The van der Waals surface area contributed by atoms with Gasteiger partial charge in [-0.05, 0) is 30.4 Å². The van der Waals surface area contributed by atoms with Crippen molar-refractivity contribution in [2.24, 2.45) is 5.41 Å². The second kappa shape index (κ2) is 7.97. The summed E-state index contributed by atoms with van der Waals surface area (Å²) in [5.41, 5.74) is 6.29. The van der Waals surface area contributed by atoms with Crippen LogP contribution in [0.3, 0.4) is 0 Å². The van der Waals surface area contributed by atoms with Crippen LogP contribution in [0.5, 0.6) is 0 Å². The molecular formula is C15H26Cl2SiZr. The van der Waals surface area contributed by atoms with E-state index in [0.29, 0.717) is 5.41 Å². The van der Waals surface area contributed by atoms with E-state index in [1.54, 1.807) is 28.8 Å². The van der Waals surface area contributed by atoms with E-state index >= 15 is 0 Å². The summed E-state index contributed by atoms with van der Waals surface area (Å²) >= 11 is -0.826. The van der Waals surface area contributed by atoms with Gasteiger partial charge in [0, 0.05) is 8.80 Å². The zero-order chi connectivity index (χ0) is 14.6. The Morgan fingerprint density at radius 1 is 1.16 bits per heavy atom. The van der Waals surface area contributed by atoms with Gasteiger partial charge in [0.2, 0.25) is 0 Å². The molecule has 0 radical (unpaired) electrons. The summed E-state index contributed by atoms with van der Waals surface area (Å²) in [6, 6.07) is 3.18. The van der Waals surface area contributed by atoms with Crippen LogP contribution in [0.15, 0.2) is 22.8 Å². The van der Waals surface area contributed by atoms with Gasteiger partial charge in [-0.25, -0.2) is 0 Å². The minimum absolute atomic E-state index is 0.340. The Hall–Kier alpha value is 1.16. The number of rotatable bonds is 1. The van der Waals surface area contributed by atoms with Crippen LogP contribution in [0.25, 0.3) is 0 Å². The van der Waals surface area contributed by atoms with Crippen LogP contribution in [0.1, 0.15) is 47.5 Å². The average Bonchev–Trinajstić information content (AvgIpc) is 2.87. The molecule has 0 aromatic heterocycles. The van der Waals surface area contributed by atoms with Crippen LogP contribution in [0.2, 0.25) is 17.6 Å². The first-order chi connectivity index (χ1) is 8.82. The summed E-state index contributed by atoms with van der Waals surface area (Å²) in [6.07, 6.45) is 5.53. The standard InChI is InChI=1S/C15H26Si.2ClH.Zr/c1-11-10-13(15(3,4)5)12(2)14(11)16-8-6-7-9-16;;;/h10,14,16H,6-9H2,1-5H3;2*1H;/q;;;+2/p-2. The molecule has 0 aromatic carbocycles. The van der Waals surface area contributed by atoms with E-state index in [1.165, 1.54) is 12.8 Å². The second-order valence-electron chi connectivity index (χ2n) is 6.83. The molecule has 4 heteroatoms. The van der Waals surface area contributed by atoms with E-state index in [1.807, 2.05) is 0 Å². The third-order valence-corrected chi connectivity index (χ3v) is 8.70. The molecule has 1 heterocycles. The van der Waals surface area contributed by atoms with Gasteiger partial charge in [0.25, 0.3) is 0 Å². The van der Waals surface area contributed by atoms with Gasteiger partial charge in [-0.1, -0.05) is 62.9 Å². The Bertz CT molecular complexity index is 363. The van der Waals surface area contributed by atoms with Crippen LogP contribution in [-0.2, 0) is 20.8 Å². The molecular weight excluding hydrogens is 370 g/mol. The SMILES string of the molecule is CC1=CC(C(C)(C)C)=C(C)C1[SiH]1CCCC1.[Cl][Zr][Cl]. The molecule has 0 saturated carbocycles. The fourth-order valence-corrected chi connectivity index (χ4v) is 8.07. The minimum atomic E-state index is -0.826. The molecule has 0 aromatic rings. The van der Waals surface area contributed by atoms with Gasteiger partial charge in [-0.15, -0.1) is 0 Å². The molecule has 2 aliphatic rings. The maximum absolute atomic E-state index is 4.93. The van der Waals surface area contributed by atoms with E-state index < -0.39 is 29.6 Å². The Labute approximate surface area is 139 Å². The fraction of sp³-hybridized carbons (Fsp3) is 0.733. The fourth-order valence-electron chi connectivity index (χ4n) is 3.76. The van der Waals surface area contributed by atoms with Gasteiger partial charge in [0.05, 0.1) is 0 Å². The van der Waals surface area contributed by atoms with Gasteiger partial charge in [0.1, 0.15) is 0 Å². The van der Waals surface area contributed by atoms with Crippen LogP contribution in [0, 0.1) is 5.41 Å². The van der Waals surface area contributed by atoms with E-state index in [4.69, 9.17) is 17.0 Å². The predicted molar refractivity (Wildman–Crippen MR) is 87.4 cm³/mol. The number of halogens is 2. The maximum atomic E-state index is 4.93. The molecule has 1 aliphatic carbocycles. The van der Waals surface area contributed by atoms with Gasteiger partial charge in [0.15, 0.2) is 0 Å². The third-order valence-electron chi connectivity index (χ3n) is 4.43. The zero-order valence-corrected chi connectivity index (χ0v) is 17.9. The number of hydrogen-bond acceptors (Lipinski definition) is 0. The molecule has 1 saturated heterocycles. The first kappa shape index (κ1) is 18.2. The molecule has 108 valence electrons. The van der Waals surface area contributed by atoms with Gasteiger partial charge in [-0.3, -0.25) is 0 Å². The first-order valence-electron chi connectivity index (χ1n) is 7.18. The summed E-state index contributed by atoms with van der Waals surface area (Å²) in [5.74, 6) is 0. The Balaban J connectivity index is 0.000000550. The van der Waals surface area contributed by atoms with Gasteiger partial charge >= 0.3 is 37.9 Å². The Morgan fingerprint density at radius 3 is 2.00 bits per heavy atom. The van der Waals surface area contributed by atoms with Crippen molar-refractivity contribution >= 4 is 25.8 Å². The quantitative estimate of drug-likeness (QED) is 0.471. The van der Waals surface area contributed by atoms with Crippen molar-refractivity contribution in [1.82, 2.24) is 0 Å². The average molecular weight is 397 g/mol. The van der Waals surface area contributed by atoms with E-state index in [-0.39, 0.29) is 0 Å². The number of allylic oxidation sites excluding steroid dienone is 4. The topological polar surface area (TPSA) is 0 Å². The normalized spacial score (nSPS) is 24.2. The summed E-state index contributed by atoms with van der Waals surface area (Å²) in [6.45, 7) is 11.8. The van der Waals surface area contributed by atoms with Crippen molar-refractivity contribution in [3.63, 3.8) is 0 Å². The molecule has 0 spiro atoms. The molecule has 1 aliphatic heterocycles. The molecule has 0 nitrogen and oxygen atoms in total. The molecule has 0 bridgehead atoms. The summed E-state index contributed by atoms with van der Waals surface area (Å²) < 4.78 is 0. The van der Waals surface area contributed by atoms with Crippen molar-refractivity contribution in [1.29, 1.82) is 0 Å². The van der Waals surface area contributed by atoms with E-state index in [2.05, 4.69) is 40.7 Å². The van der Waals surface area contributed by atoms with Crippen molar-refractivity contribution in [2.45, 2.75) is 65.1 Å². The predicted octanol–water partition coefficient (Wildman–Crippen LogP) is 6.08. The van der Waals surface area contributed by atoms with Crippen molar-refractivity contribution in [3.05, 3.63) is 22.8 Å². The molecule has 19 heavy (non-hydrogen) atoms. The zero-order valence-electron chi connectivity index (χ0n) is 12.8. The first-order valence-corrected chi connectivity index (χ1v) is 15.8. The summed E-state index contributed by atoms with van der Waals surface area (Å²) in [4.78, 5) is 0. The van der Waals surface area contributed by atoms with Crippen LogP contribution in [0.4, 0.5) is 0 Å². The van der Waals surface area contributed by atoms with E-state index in [0.717, 1.165) is 5.54 Å². The molecule has 1 fully saturated rings. The van der Waals surface area contributed by atoms with Crippen LogP contribution >= 0.6 is 17.0 Å². The monoisotopic (exact) mass is 394 g/mol. The number of hydrogen-bond donors (Lipinski definition) is 0. The molecule has 1 atom stereocenters. The van der Waals surface area contributed by atoms with Crippen molar-refractivity contribution in [2.75, 3.05) is 0 Å². The second-order valence-corrected chi connectivity index (χ2v) is 13.9. The van der Waals surface area contributed by atoms with Crippen molar-refractivity contribution in [3.8, 4) is 0 Å². The van der Waals surface area contributed by atoms with Crippen molar-refractivity contribution < 1.29 is 20.8 Å². The summed E-state index contributed by atoms with van der Waals surface area (Å²) in [7, 11) is 9.38.